The van der Waals surface area contributed by atoms with Crippen LogP contribution in [0.5, 0.6) is 0 Å². The van der Waals surface area contributed by atoms with Gasteiger partial charge < -0.3 is 9.88 Å². The number of para-hydroxylation sites is 1. The van der Waals surface area contributed by atoms with Gasteiger partial charge in [0.25, 0.3) is 0 Å². The Morgan fingerprint density at radius 3 is 3.27 bits per heavy atom. The van der Waals surface area contributed by atoms with E-state index in [2.05, 4.69) is 40.0 Å². The van der Waals surface area contributed by atoms with Gasteiger partial charge in [0.1, 0.15) is 5.82 Å². The second-order valence-electron chi connectivity index (χ2n) is 3.99. The van der Waals surface area contributed by atoms with Crippen LogP contribution < -0.4 is 5.32 Å². The van der Waals surface area contributed by atoms with Crippen molar-refractivity contribution in [3.63, 3.8) is 0 Å². The number of hydrogen-bond acceptors (Lipinski definition) is 2. The molecule has 0 saturated carbocycles. The maximum absolute atomic E-state index is 4.66. The molecule has 3 rings (SSSR count). The number of nitrogens with one attached hydrogen (secondary N) is 1. The Kier molecular flexibility index (Phi) is 1.99. The Bertz CT molecular complexity index is 499. The van der Waals surface area contributed by atoms with Crippen LogP contribution in [0.4, 0.5) is 0 Å². The van der Waals surface area contributed by atoms with Crippen LogP contribution in [0.15, 0.2) is 18.2 Å². The zero-order valence-corrected chi connectivity index (χ0v) is 8.95. The molecule has 1 aliphatic heterocycles. The molecule has 1 N–H and O–H groups in total. The van der Waals surface area contributed by atoms with E-state index in [1.807, 2.05) is 0 Å². The molecule has 0 fully saturated rings. The number of nitrogens with zero attached hydrogens (tertiary/aromatic N) is 2. The van der Waals surface area contributed by atoms with E-state index in [1.54, 1.807) is 0 Å². The molecule has 2 aromatic rings. The summed E-state index contributed by atoms with van der Waals surface area (Å²) < 4.78 is 2.37. The fourth-order valence-corrected chi connectivity index (χ4v) is 2.36. The molecule has 1 aromatic carbocycles. The topological polar surface area (TPSA) is 29.9 Å². The van der Waals surface area contributed by atoms with Crippen molar-refractivity contribution in [3.05, 3.63) is 29.6 Å². The van der Waals surface area contributed by atoms with E-state index in [9.17, 15) is 0 Å². The molecule has 0 unspecified atom stereocenters. The normalized spacial score (nSPS) is 15.5. The highest BCUT2D eigenvalue weighted by atomic mass is 15.2. The second-order valence-corrected chi connectivity index (χ2v) is 3.99. The zero-order valence-electron chi connectivity index (χ0n) is 8.95. The molecule has 2 heterocycles. The molecular formula is C12H15N3. The predicted molar refractivity (Wildman–Crippen MR) is 60.8 cm³/mol. The van der Waals surface area contributed by atoms with E-state index in [4.69, 9.17) is 0 Å². The minimum atomic E-state index is 0.901. The van der Waals surface area contributed by atoms with Gasteiger partial charge >= 0.3 is 0 Å². The van der Waals surface area contributed by atoms with Crippen molar-refractivity contribution in [2.24, 2.45) is 0 Å². The summed E-state index contributed by atoms with van der Waals surface area (Å²) in [6.45, 7) is 5.20. The highest BCUT2D eigenvalue weighted by Crippen LogP contribution is 2.22. The average Bonchev–Trinajstić information content (AvgIpc) is 2.67. The lowest BCUT2D eigenvalue weighted by molar-refractivity contribution is 0.514. The molecule has 0 radical (unpaired) electrons. The summed E-state index contributed by atoms with van der Waals surface area (Å²) in [7, 11) is 0. The van der Waals surface area contributed by atoms with E-state index in [0.717, 1.165) is 31.6 Å². The summed E-state index contributed by atoms with van der Waals surface area (Å²) in [6.07, 6.45) is 1.08. The maximum atomic E-state index is 4.66. The lowest BCUT2D eigenvalue weighted by atomic mass is 10.1. The molecule has 0 bridgehead atoms. The molecule has 1 aromatic heterocycles. The van der Waals surface area contributed by atoms with Crippen molar-refractivity contribution in [1.29, 1.82) is 0 Å². The Morgan fingerprint density at radius 1 is 1.47 bits per heavy atom. The van der Waals surface area contributed by atoms with Crippen molar-refractivity contribution in [2.45, 2.75) is 26.4 Å². The van der Waals surface area contributed by atoms with Crippen molar-refractivity contribution in [1.82, 2.24) is 14.9 Å². The van der Waals surface area contributed by atoms with Crippen molar-refractivity contribution < 1.29 is 0 Å². The molecule has 0 atom stereocenters. The van der Waals surface area contributed by atoms with Gasteiger partial charge in [0, 0.05) is 13.1 Å². The first-order valence-corrected chi connectivity index (χ1v) is 5.58. The first-order chi connectivity index (χ1) is 7.40. The Balaban J connectivity index is 2.33. The van der Waals surface area contributed by atoms with Gasteiger partial charge in [-0.05, 0) is 18.1 Å². The molecule has 0 spiro atoms. The van der Waals surface area contributed by atoms with Crippen LogP contribution in [0.25, 0.3) is 11.0 Å². The number of rotatable bonds is 1. The van der Waals surface area contributed by atoms with Gasteiger partial charge in [-0.3, -0.25) is 0 Å². The van der Waals surface area contributed by atoms with Gasteiger partial charge in [-0.2, -0.15) is 0 Å². The van der Waals surface area contributed by atoms with Crippen LogP contribution in [-0.4, -0.2) is 16.1 Å². The van der Waals surface area contributed by atoms with Gasteiger partial charge in [-0.25, -0.2) is 4.98 Å². The summed E-state index contributed by atoms with van der Waals surface area (Å²) in [5, 5.41) is 3.36. The van der Waals surface area contributed by atoms with Gasteiger partial charge in [0.15, 0.2) is 0 Å². The lowest BCUT2D eigenvalue weighted by Gasteiger charge is -2.16. The third kappa shape index (κ3) is 1.27. The minimum absolute atomic E-state index is 0.901. The van der Waals surface area contributed by atoms with Gasteiger partial charge in [-0.15, -0.1) is 0 Å². The van der Waals surface area contributed by atoms with Crippen LogP contribution in [-0.2, 0) is 19.5 Å². The van der Waals surface area contributed by atoms with E-state index in [0.29, 0.717) is 0 Å². The Morgan fingerprint density at radius 2 is 2.40 bits per heavy atom. The van der Waals surface area contributed by atoms with E-state index < -0.39 is 0 Å². The first-order valence-electron chi connectivity index (χ1n) is 5.58. The molecule has 3 nitrogen and oxygen atoms in total. The third-order valence-corrected chi connectivity index (χ3v) is 3.11. The first kappa shape index (κ1) is 8.92. The second kappa shape index (κ2) is 3.35. The summed E-state index contributed by atoms with van der Waals surface area (Å²) in [6, 6.07) is 6.42. The molecule has 1 aliphatic rings. The predicted octanol–water partition coefficient (Wildman–Crippen LogP) is 1.70. The summed E-state index contributed by atoms with van der Waals surface area (Å²) in [4.78, 5) is 4.66. The molecule has 78 valence electrons. The number of aromatic nitrogens is 2. The number of hydrogen-bond donors (Lipinski definition) is 1. The fourth-order valence-electron chi connectivity index (χ4n) is 2.36. The number of imidazole rings is 1. The quantitative estimate of drug-likeness (QED) is 0.761. The Hall–Kier alpha value is -1.35. The summed E-state index contributed by atoms with van der Waals surface area (Å²) in [5.41, 5.74) is 3.90. The lowest BCUT2D eigenvalue weighted by Crippen LogP contribution is -2.28. The van der Waals surface area contributed by atoms with Crippen LogP contribution in [0.1, 0.15) is 18.3 Å². The molecule has 3 heteroatoms. The average molecular weight is 201 g/mol. The van der Waals surface area contributed by atoms with E-state index in [-0.39, 0.29) is 0 Å². The molecule has 0 saturated heterocycles. The summed E-state index contributed by atoms with van der Waals surface area (Å²) in [5.74, 6) is 1.18. The molecule has 0 amide bonds. The number of fused-ring (bicyclic) bond motifs is 3. The van der Waals surface area contributed by atoms with Gasteiger partial charge in [0.2, 0.25) is 0 Å². The smallest absolute Gasteiger partial charge is 0.123 e. The standard InChI is InChI=1S/C12H15N3/c1-2-9-4-3-5-10-12(9)15-7-6-13-8-11(15)14-10/h3-5,13H,2,6-8H2,1H3. The van der Waals surface area contributed by atoms with E-state index >= 15 is 0 Å². The molecular weight excluding hydrogens is 186 g/mol. The minimum Gasteiger partial charge on any atom is -0.325 e. The highest BCUT2D eigenvalue weighted by molar-refractivity contribution is 5.80. The van der Waals surface area contributed by atoms with Crippen LogP contribution in [0, 0.1) is 0 Å². The number of aryl methyl sites for hydroxylation is 1. The third-order valence-electron chi connectivity index (χ3n) is 3.11. The van der Waals surface area contributed by atoms with Crippen LogP contribution in [0.3, 0.4) is 0 Å². The van der Waals surface area contributed by atoms with Crippen molar-refractivity contribution in [2.75, 3.05) is 6.54 Å². The number of benzene rings is 1. The monoisotopic (exact) mass is 201 g/mol. The zero-order chi connectivity index (χ0) is 10.3. The highest BCUT2D eigenvalue weighted by Gasteiger charge is 2.15. The Labute approximate surface area is 89.1 Å². The largest absolute Gasteiger partial charge is 0.325 e. The summed E-state index contributed by atoms with van der Waals surface area (Å²) >= 11 is 0. The van der Waals surface area contributed by atoms with Crippen LogP contribution >= 0.6 is 0 Å². The van der Waals surface area contributed by atoms with Gasteiger partial charge in [0.05, 0.1) is 17.6 Å². The fraction of sp³-hybridized carbons (Fsp3) is 0.417. The van der Waals surface area contributed by atoms with Crippen molar-refractivity contribution in [3.8, 4) is 0 Å². The SMILES string of the molecule is CCc1cccc2nc3n(c12)CCNC3. The van der Waals surface area contributed by atoms with Crippen molar-refractivity contribution >= 4 is 11.0 Å². The van der Waals surface area contributed by atoms with Crippen LogP contribution in [0.2, 0.25) is 0 Å². The maximum Gasteiger partial charge on any atom is 0.123 e. The molecule has 15 heavy (non-hydrogen) atoms. The van der Waals surface area contributed by atoms with Gasteiger partial charge in [-0.1, -0.05) is 19.1 Å². The van der Waals surface area contributed by atoms with E-state index in [1.165, 1.54) is 16.9 Å². The molecule has 0 aliphatic carbocycles.